The van der Waals surface area contributed by atoms with Gasteiger partial charge in [-0.3, -0.25) is 9.59 Å². The molecule has 1 aliphatic rings. The minimum atomic E-state index is -1.02. The number of ketones is 2. The zero-order valence-electron chi connectivity index (χ0n) is 20.7. The summed E-state index contributed by atoms with van der Waals surface area (Å²) in [5.41, 5.74) is 5.05. The lowest BCUT2D eigenvalue weighted by molar-refractivity contribution is -0.116. The number of hydrogen-bond donors (Lipinski definition) is 0. The number of allylic oxidation sites excluding steroid dienone is 10. The highest BCUT2D eigenvalue weighted by atomic mass is 19.2. The van der Waals surface area contributed by atoms with E-state index in [1.54, 1.807) is 20.8 Å². The molecule has 0 N–H and O–H groups in total. The van der Waals surface area contributed by atoms with E-state index in [1.165, 1.54) is 17.2 Å². The minimum Gasteiger partial charge on any atom is -0.289 e. The van der Waals surface area contributed by atoms with Crippen LogP contribution in [-0.4, -0.2) is 18.2 Å². The molecule has 0 fully saturated rings. The number of Topliss-reactive ketones (excluding diaryl/α,β-unsaturated/α-hetero) is 2. The van der Waals surface area contributed by atoms with Crippen LogP contribution in [-0.2, 0) is 9.59 Å². The van der Waals surface area contributed by atoms with E-state index in [2.05, 4.69) is 26.0 Å². The van der Waals surface area contributed by atoms with Crippen LogP contribution in [0.2, 0.25) is 0 Å². The fraction of sp³-hybridized carbons (Fsp3) is 0.571. The molecule has 2 nitrogen and oxygen atoms in total. The van der Waals surface area contributed by atoms with E-state index in [-0.39, 0.29) is 11.6 Å². The number of carbonyl (C=O) groups is 2. The van der Waals surface area contributed by atoms with Crippen molar-refractivity contribution in [1.29, 1.82) is 0 Å². The van der Waals surface area contributed by atoms with E-state index in [1.807, 2.05) is 6.92 Å². The van der Waals surface area contributed by atoms with Crippen molar-refractivity contribution in [2.24, 2.45) is 5.92 Å². The lowest BCUT2D eigenvalue weighted by atomic mass is 9.82. The first-order valence-electron chi connectivity index (χ1n) is 11.8. The maximum absolute atomic E-state index is 12.8. The molecule has 0 aromatic rings. The monoisotopic (exact) mass is 446 g/mol. The highest BCUT2D eigenvalue weighted by molar-refractivity contribution is 6.24. The molecular formula is C28H40F2O2. The molecule has 0 radical (unpaired) electrons. The van der Waals surface area contributed by atoms with Crippen molar-refractivity contribution >= 4 is 11.6 Å². The summed E-state index contributed by atoms with van der Waals surface area (Å²) in [4.78, 5) is 24.8. The molecule has 0 aromatic heterocycles. The summed E-state index contributed by atoms with van der Waals surface area (Å²) in [6, 6.07) is 0. The van der Waals surface area contributed by atoms with Gasteiger partial charge in [-0.25, -0.2) is 8.78 Å². The van der Waals surface area contributed by atoms with Crippen molar-refractivity contribution in [3.8, 4) is 0 Å². The Morgan fingerprint density at radius 3 is 1.94 bits per heavy atom. The lowest BCUT2D eigenvalue weighted by Gasteiger charge is -2.20. The summed E-state index contributed by atoms with van der Waals surface area (Å²) >= 11 is 0. The summed E-state index contributed by atoms with van der Waals surface area (Å²) < 4.78 is 24.8. The molecule has 0 spiro atoms. The molecule has 32 heavy (non-hydrogen) atoms. The van der Waals surface area contributed by atoms with Gasteiger partial charge in [0.25, 0.3) is 0 Å². The third kappa shape index (κ3) is 9.18. The van der Waals surface area contributed by atoms with Crippen LogP contribution in [0.3, 0.4) is 0 Å². The summed E-state index contributed by atoms with van der Waals surface area (Å²) in [7, 11) is 0. The molecule has 4 heteroatoms. The molecule has 0 aromatic carbocycles. The fourth-order valence-electron chi connectivity index (χ4n) is 3.87. The predicted molar refractivity (Wildman–Crippen MR) is 130 cm³/mol. The predicted octanol–water partition coefficient (Wildman–Crippen LogP) is 8.26. The third-order valence-corrected chi connectivity index (χ3v) is 6.41. The van der Waals surface area contributed by atoms with E-state index in [9.17, 15) is 18.4 Å². The normalized spacial score (nSPS) is 17.6. The second kappa shape index (κ2) is 14.1. The largest absolute Gasteiger partial charge is 0.289 e. The van der Waals surface area contributed by atoms with Crippen LogP contribution in [0, 0.1) is 5.92 Å². The Morgan fingerprint density at radius 2 is 1.34 bits per heavy atom. The van der Waals surface area contributed by atoms with Crippen molar-refractivity contribution in [3.05, 3.63) is 57.5 Å². The molecule has 0 amide bonds. The van der Waals surface area contributed by atoms with Crippen molar-refractivity contribution in [2.45, 2.75) is 92.9 Å². The van der Waals surface area contributed by atoms with Gasteiger partial charge in [0.05, 0.1) is 0 Å². The molecule has 1 aliphatic carbocycles. The van der Waals surface area contributed by atoms with Gasteiger partial charge in [-0.05, 0) is 98.0 Å². The first kappa shape index (κ1) is 27.9. The molecule has 0 aliphatic heterocycles. The Kier molecular flexibility index (Phi) is 12.3. The lowest BCUT2D eigenvalue weighted by Crippen LogP contribution is -2.21. The van der Waals surface area contributed by atoms with Crippen molar-refractivity contribution in [1.82, 2.24) is 0 Å². The summed E-state index contributed by atoms with van der Waals surface area (Å²) in [5, 5.41) is 0. The highest BCUT2D eigenvalue weighted by Gasteiger charge is 2.27. The third-order valence-electron chi connectivity index (χ3n) is 6.41. The number of alkyl halides is 1. The van der Waals surface area contributed by atoms with Gasteiger partial charge in [0.2, 0.25) is 0 Å². The van der Waals surface area contributed by atoms with Crippen LogP contribution in [0.1, 0.15) is 92.9 Å². The molecule has 178 valence electrons. The smallest absolute Gasteiger partial charge is 0.185 e. The summed E-state index contributed by atoms with van der Waals surface area (Å²) in [6.07, 6.45) is 12.7. The maximum Gasteiger partial charge on any atom is 0.185 e. The SMILES string of the molecule is CC1=C(C)C(=O)C(CC[C@@H](C)CC/C=C(\C)CC/C=C(\C)CC/C=C(\F)CF)=C(C)C1=O. The van der Waals surface area contributed by atoms with Gasteiger partial charge >= 0.3 is 0 Å². The molecule has 1 rings (SSSR count). The first-order valence-corrected chi connectivity index (χ1v) is 11.8. The molecule has 0 heterocycles. The molecule has 0 bridgehead atoms. The molecule has 1 atom stereocenters. The Bertz CT molecular complexity index is 837. The van der Waals surface area contributed by atoms with Gasteiger partial charge in [-0.2, -0.15) is 0 Å². The van der Waals surface area contributed by atoms with Gasteiger partial charge in [-0.1, -0.05) is 30.2 Å². The van der Waals surface area contributed by atoms with Crippen molar-refractivity contribution < 1.29 is 18.4 Å². The van der Waals surface area contributed by atoms with Crippen LogP contribution in [0.25, 0.3) is 0 Å². The minimum absolute atomic E-state index is 0.0102. The van der Waals surface area contributed by atoms with E-state index in [0.717, 1.165) is 38.5 Å². The topological polar surface area (TPSA) is 34.1 Å². The number of halogens is 2. The quantitative estimate of drug-likeness (QED) is 0.211. The average molecular weight is 447 g/mol. The number of rotatable bonds is 13. The Labute approximate surface area is 193 Å². The summed E-state index contributed by atoms with van der Waals surface area (Å²) in [6.45, 7) is 10.6. The number of hydrogen-bond acceptors (Lipinski definition) is 2. The number of carbonyl (C=O) groups excluding carboxylic acids is 2. The van der Waals surface area contributed by atoms with Gasteiger partial charge in [-0.15, -0.1) is 0 Å². The Balaban J connectivity index is 2.37. The molecule has 0 unspecified atom stereocenters. The zero-order chi connectivity index (χ0) is 24.3. The van der Waals surface area contributed by atoms with E-state index >= 15 is 0 Å². The molecule has 0 saturated carbocycles. The molecular weight excluding hydrogens is 406 g/mol. The van der Waals surface area contributed by atoms with E-state index in [4.69, 9.17) is 0 Å². The standard InChI is InChI=1S/C28H40F2O2/c1-19(10-7-11-20(2)14-9-15-25(30)18-29)12-8-13-21(3)16-17-26-24(6)27(31)22(4)23(5)28(26)32/h11-12,15,21H,7-10,13-14,16-18H2,1-6H3/b19-12+,20-11+,25-15-/t21-/m0/s1. The second-order valence-electron chi connectivity index (χ2n) is 9.20. The van der Waals surface area contributed by atoms with Crippen LogP contribution >= 0.6 is 0 Å². The Morgan fingerprint density at radius 1 is 0.812 bits per heavy atom. The van der Waals surface area contributed by atoms with Gasteiger partial charge in [0, 0.05) is 22.3 Å². The fourth-order valence-corrected chi connectivity index (χ4v) is 3.87. The van der Waals surface area contributed by atoms with Gasteiger partial charge < -0.3 is 0 Å². The van der Waals surface area contributed by atoms with Gasteiger partial charge in [0.1, 0.15) is 12.5 Å². The van der Waals surface area contributed by atoms with Gasteiger partial charge in [0.15, 0.2) is 11.6 Å². The summed E-state index contributed by atoms with van der Waals surface area (Å²) in [5.74, 6) is -0.154. The van der Waals surface area contributed by atoms with Crippen LogP contribution < -0.4 is 0 Å². The molecule has 0 saturated heterocycles. The zero-order valence-corrected chi connectivity index (χ0v) is 20.7. The van der Waals surface area contributed by atoms with Crippen LogP contribution in [0.4, 0.5) is 8.78 Å². The van der Waals surface area contributed by atoms with Crippen LogP contribution in [0.15, 0.2) is 57.5 Å². The van der Waals surface area contributed by atoms with Crippen LogP contribution in [0.5, 0.6) is 0 Å². The van der Waals surface area contributed by atoms with Crippen molar-refractivity contribution in [3.63, 3.8) is 0 Å². The second-order valence-corrected chi connectivity index (χ2v) is 9.20. The van der Waals surface area contributed by atoms with E-state index in [0.29, 0.717) is 41.1 Å². The van der Waals surface area contributed by atoms with Crippen molar-refractivity contribution in [2.75, 3.05) is 6.67 Å². The van der Waals surface area contributed by atoms with E-state index < -0.39 is 12.5 Å². The Hall–Kier alpha value is -2.10. The first-order chi connectivity index (χ1) is 15.1. The highest BCUT2D eigenvalue weighted by Crippen LogP contribution is 2.29. The maximum atomic E-state index is 12.8. The average Bonchev–Trinajstić information content (AvgIpc) is 2.76.